The van der Waals surface area contributed by atoms with Crippen LogP contribution in [0.1, 0.15) is 41.5 Å². The van der Waals surface area contributed by atoms with Crippen molar-refractivity contribution in [2.75, 3.05) is 13.1 Å². The van der Waals surface area contributed by atoms with E-state index in [9.17, 15) is 4.79 Å². The number of amides is 1. The van der Waals surface area contributed by atoms with Gasteiger partial charge in [-0.05, 0) is 41.5 Å². The molecule has 0 aromatic heterocycles. The molecule has 0 aliphatic carbocycles. The zero-order chi connectivity index (χ0) is 11.9. The van der Waals surface area contributed by atoms with E-state index in [4.69, 9.17) is 0 Å². The SMILES string of the molecule is CC(C)N1C(=O)C(C)(C)CNCC1(C)C. The fourth-order valence-corrected chi connectivity index (χ4v) is 2.38. The summed E-state index contributed by atoms with van der Waals surface area (Å²) in [7, 11) is 0. The van der Waals surface area contributed by atoms with Gasteiger partial charge in [-0.3, -0.25) is 4.79 Å². The van der Waals surface area contributed by atoms with Gasteiger partial charge in [0.05, 0.1) is 5.41 Å². The molecule has 1 saturated heterocycles. The normalized spacial score (nSPS) is 25.5. The number of carbonyl (C=O) groups is 1. The van der Waals surface area contributed by atoms with E-state index < -0.39 is 0 Å². The molecule has 15 heavy (non-hydrogen) atoms. The summed E-state index contributed by atoms with van der Waals surface area (Å²) < 4.78 is 0. The molecule has 0 atom stereocenters. The highest BCUT2D eigenvalue weighted by atomic mass is 16.2. The van der Waals surface area contributed by atoms with Crippen molar-refractivity contribution >= 4 is 5.91 Å². The van der Waals surface area contributed by atoms with Crippen LogP contribution in [0, 0.1) is 5.41 Å². The number of nitrogens with zero attached hydrogens (tertiary/aromatic N) is 1. The number of nitrogens with one attached hydrogen (secondary N) is 1. The summed E-state index contributed by atoms with van der Waals surface area (Å²) in [5.74, 6) is 0.257. The van der Waals surface area contributed by atoms with E-state index in [0.29, 0.717) is 0 Å². The molecule has 3 nitrogen and oxygen atoms in total. The minimum Gasteiger partial charge on any atom is -0.333 e. The van der Waals surface area contributed by atoms with Gasteiger partial charge in [-0.2, -0.15) is 0 Å². The van der Waals surface area contributed by atoms with Crippen LogP contribution >= 0.6 is 0 Å². The van der Waals surface area contributed by atoms with Crippen molar-refractivity contribution in [1.29, 1.82) is 0 Å². The average molecular weight is 212 g/mol. The van der Waals surface area contributed by atoms with Gasteiger partial charge in [0, 0.05) is 24.7 Å². The molecule has 88 valence electrons. The van der Waals surface area contributed by atoms with E-state index in [1.54, 1.807) is 0 Å². The van der Waals surface area contributed by atoms with Crippen molar-refractivity contribution in [3.8, 4) is 0 Å². The molecule has 0 bridgehead atoms. The molecule has 1 amide bonds. The van der Waals surface area contributed by atoms with Crippen molar-refractivity contribution < 1.29 is 4.79 Å². The summed E-state index contributed by atoms with van der Waals surface area (Å²) in [6.45, 7) is 14.1. The molecule has 1 aliphatic heterocycles. The van der Waals surface area contributed by atoms with Gasteiger partial charge in [0.1, 0.15) is 0 Å². The molecule has 0 radical (unpaired) electrons. The van der Waals surface area contributed by atoms with Crippen molar-refractivity contribution in [3.63, 3.8) is 0 Å². The molecular weight excluding hydrogens is 188 g/mol. The highest BCUT2D eigenvalue weighted by Crippen LogP contribution is 2.28. The maximum atomic E-state index is 12.4. The first-order valence-electron chi connectivity index (χ1n) is 5.73. The Bertz CT molecular complexity index is 256. The third-order valence-electron chi connectivity index (χ3n) is 3.09. The zero-order valence-electron chi connectivity index (χ0n) is 10.8. The fourth-order valence-electron chi connectivity index (χ4n) is 2.38. The molecule has 1 fully saturated rings. The van der Waals surface area contributed by atoms with Gasteiger partial charge < -0.3 is 10.2 Å². The van der Waals surface area contributed by atoms with Gasteiger partial charge >= 0.3 is 0 Å². The molecular formula is C12H24N2O. The standard InChI is InChI=1S/C12H24N2O/c1-9(2)14-10(15)11(3,4)7-13-8-12(14,5)6/h9,13H,7-8H2,1-6H3. The minimum atomic E-state index is -0.294. The van der Waals surface area contributed by atoms with Crippen LogP contribution in [0.4, 0.5) is 0 Å². The maximum Gasteiger partial charge on any atom is 0.230 e. The second kappa shape index (κ2) is 3.78. The Hall–Kier alpha value is -0.570. The highest BCUT2D eigenvalue weighted by Gasteiger charge is 2.42. The zero-order valence-corrected chi connectivity index (χ0v) is 10.8. The summed E-state index contributed by atoms with van der Waals surface area (Å²) in [5.41, 5.74) is -0.392. The summed E-state index contributed by atoms with van der Waals surface area (Å²) >= 11 is 0. The molecule has 1 aliphatic rings. The Morgan fingerprint density at radius 3 is 2.20 bits per heavy atom. The molecule has 0 unspecified atom stereocenters. The quantitative estimate of drug-likeness (QED) is 0.716. The van der Waals surface area contributed by atoms with Crippen LogP contribution in [0.5, 0.6) is 0 Å². The predicted octanol–water partition coefficient (Wildman–Crippen LogP) is 1.63. The van der Waals surface area contributed by atoms with E-state index in [1.807, 2.05) is 18.7 Å². The Balaban J connectivity index is 3.07. The highest BCUT2D eigenvalue weighted by molar-refractivity contribution is 5.83. The second-order valence-electron chi connectivity index (χ2n) is 6.07. The first kappa shape index (κ1) is 12.5. The van der Waals surface area contributed by atoms with Crippen LogP contribution in [0.15, 0.2) is 0 Å². The van der Waals surface area contributed by atoms with Gasteiger partial charge in [-0.15, -0.1) is 0 Å². The van der Waals surface area contributed by atoms with Gasteiger partial charge in [-0.1, -0.05) is 0 Å². The largest absolute Gasteiger partial charge is 0.333 e. The molecule has 0 aromatic carbocycles. The molecule has 3 heteroatoms. The smallest absolute Gasteiger partial charge is 0.230 e. The molecule has 0 saturated carbocycles. The molecule has 1 heterocycles. The van der Waals surface area contributed by atoms with Crippen LogP contribution < -0.4 is 5.32 Å². The predicted molar refractivity (Wildman–Crippen MR) is 62.7 cm³/mol. The topological polar surface area (TPSA) is 32.3 Å². The molecule has 1 N–H and O–H groups in total. The first-order valence-corrected chi connectivity index (χ1v) is 5.73. The number of hydrogen-bond acceptors (Lipinski definition) is 2. The molecule has 1 rings (SSSR count). The Kier molecular flexibility index (Phi) is 3.15. The maximum absolute atomic E-state index is 12.4. The first-order chi connectivity index (χ1) is 6.68. The number of hydrogen-bond donors (Lipinski definition) is 1. The van der Waals surface area contributed by atoms with Gasteiger partial charge in [0.2, 0.25) is 5.91 Å². The van der Waals surface area contributed by atoms with E-state index in [1.165, 1.54) is 0 Å². The number of rotatable bonds is 1. The van der Waals surface area contributed by atoms with Crippen molar-refractivity contribution in [2.24, 2.45) is 5.41 Å². The van der Waals surface area contributed by atoms with Gasteiger partial charge in [-0.25, -0.2) is 0 Å². The lowest BCUT2D eigenvalue weighted by Crippen LogP contribution is -2.55. The van der Waals surface area contributed by atoms with Crippen LogP contribution in [-0.4, -0.2) is 35.5 Å². The van der Waals surface area contributed by atoms with Crippen molar-refractivity contribution in [3.05, 3.63) is 0 Å². The summed E-state index contributed by atoms with van der Waals surface area (Å²) in [4.78, 5) is 14.4. The third kappa shape index (κ3) is 2.33. The average Bonchev–Trinajstić information content (AvgIpc) is 2.07. The van der Waals surface area contributed by atoms with Gasteiger partial charge in [0.15, 0.2) is 0 Å². The fraction of sp³-hybridized carbons (Fsp3) is 0.917. The number of carbonyl (C=O) groups excluding carboxylic acids is 1. The van der Waals surface area contributed by atoms with Crippen molar-refractivity contribution in [2.45, 2.75) is 53.1 Å². The van der Waals surface area contributed by atoms with Gasteiger partial charge in [0.25, 0.3) is 0 Å². The van der Waals surface area contributed by atoms with E-state index >= 15 is 0 Å². The van der Waals surface area contributed by atoms with Crippen LogP contribution in [0.25, 0.3) is 0 Å². The Labute approximate surface area is 93.2 Å². The van der Waals surface area contributed by atoms with Crippen LogP contribution in [-0.2, 0) is 4.79 Å². The van der Waals surface area contributed by atoms with Crippen LogP contribution in [0.3, 0.4) is 0 Å². The lowest BCUT2D eigenvalue weighted by Gasteiger charge is -2.42. The molecule has 0 spiro atoms. The monoisotopic (exact) mass is 212 g/mol. The minimum absolute atomic E-state index is 0.0982. The second-order valence-corrected chi connectivity index (χ2v) is 6.07. The third-order valence-corrected chi connectivity index (χ3v) is 3.09. The van der Waals surface area contributed by atoms with E-state index in [-0.39, 0.29) is 22.9 Å². The Morgan fingerprint density at radius 1 is 1.20 bits per heavy atom. The van der Waals surface area contributed by atoms with E-state index in [2.05, 4.69) is 33.0 Å². The van der Waals surface area contributed by atoms with Crippen molar-refractivity contribution in [1.82, 2.24) is 10.2 Å². The lowest BCUT2D eigenvalue weighted by molar-refractivity contribution is -0.146. The summed E-state index contributed by atoms with van der Waals surface area (Å²) in [6, 6.07) is 0.256. The summed E-state index contributed by atoms with van der Waals surface area (Å²) in [6.07, 6.45) is 0. The van der Waals surface area contributed by atoms with Crippen LogP contribution in [0.2, 0.25) is 0 Å². The lowest BCUT2D eigenvalue weighted by atomic mass is 9.90. The van der Waals surface area contributed by atoms with E-state index in [0.717, 1.165) is 13.1 Å². The Morgan fingerprint density at radius 2 is 1.73 bits per heavy atom. The summed E-state index contributed by atoms with van der Waals surface area (Å²) in [5, 5.41) is 3.38. The molecule has 0 aromatic rings.